The lowest BCUT2D eigenvalue weighted by Gasteiger charge is -2.14. The van der Waals surface area contributed by atoms with Gasteiger partial charge >= 0.3 is 7.60 Å². The molecule has 2 rings (SSSR count). The summed E-state index contributed by atoms with van der Waals surface area (Å²) in [6.07, 6.45) is 0. The van der Waals surface area contributed by atoms with Crippen LogP contribution in [0.3, 0.4) is 0 Å². The summed E-state index contributed by atoms with van der Waals surface area (Å²) in [5.41, 5.74) is 2.15. The van der Waals surface area contributed by atoms with Gasteiger partial charge in [0.25, 0.3) is 0 Å². The Labute approximate surface area is 107 Å². The SMILES string of the molecule is Cc1ccc(OP(=O)(O)c2ccccc2)cc1C. The van der Waals surface area contributed by atoms with E-state index in [4.69, 9.17) is 4.52 Å². The lowest BCUT2D eigenvalue weighted by molar-refractivity contribution is 0.393. The molecule has 18 heavy (non-hydrogen) atoms. The largest absolute Gasteiger partial charge is 0.421 e. The summed E-state index contributed by atoms with van der Waals surface area (Å²) in [4.78, 5) is 9.93. The summed E-state index contributed by atoms with van der Waals surface area (Å²) in [6.45, 7) is 3.92. The molecule has 2 aromatic carbocycles. The Morgan fingerprint density at radius 2 is 1.67 bits per heavy atom. The second-order valence-electron chi connectivity index (χ2n) is 4.19. The molecule has 1 N–H and O–H groups in total. The zero-order valence-electron chi connectivity index (χ0n) is 10.3. The Bertz CT molecular complexity index is 593. The summed E-state index contributed by atoms with van der Waals surface area (Å²) in [6, 6.07) is 13.7. The number of hydrogen-bond donors (Lipinski definition) is 1. The van der Waals surface area contributed by atoms with Crippen LogP contribution in [0.4, 0.5) is 0 Å². The average molecular weight is 262 g/mol. The Morgan fingerprint density at radius 3 is 2.28 bits per heavy atom. The molecule has 0 fully saturated rings. The Morgan fingerprint density at radius 1 is 1.00 bits per heavy atom. The molecule has 1 atom stereocenters. The van der Waals surface area contributed by atoms with E-state index < -0.39 is 7.60 Å². The molecule has 2 aromatic rings. The van der Waals surface area contributed by atoms with E-state index in [2.05, 4.69) is 0 Å². The molecule has 0 saturated carbocycles. The Balaban J connectivity index is 2.28. The van der Waals surface area contributed by atoms with Crippen molar-refractivity contribution in [2.24, 2.45) is 0 Å². The first kappa shape index (κ1) is 12.9. The first-order valence-corrected chi connectivity index (χ1v) is 7.22. The van der Waals surface area contributed by atoms with Crippen LogP contribution in [0.2, 0.25) is 0 Å². The van der Waals surface area contributed by atoms with E-state index in [0.717, 1.165) is 11.1 Å². The summed E-state index contributed by atoms with van der Waals surface area (Å²) in [5.74, 6) is 0.410. The molecule has 4 heteroatoms. The third-order valence-electron chi connectivity index (χ3n) is 2.79. The van der Waals surface area contributed by atoms with Crippen LogP contribution in [0.5, 0.6) is 5.75 Å². The van der Waals surface area contributed by atoms with Crippen molar-refractivity contribution in [1.82, 2.24) is 0 Å². The minimum absolute atomic E-state index is 0.295. The van der Waals surface area contributed by atoms with E-state index in [-0.39, 0.29) is 0 Å². The number of hydrogen-bond acceptors (Lipinski definition) is 2. The van der Waals surface area contributed by atoms with Crippen LogP contribution in [-0.4, -0.2) is 4.89 Å². The third kappa shape index (κ3) is 2.81. The lowest BCUT2D eigenvalue weighted by Crippen LogP contribution is -2.08. The molecular formula is C14H15O3P. The predicted molar refractivity (Wildman–Crippen MR) is 72.4 cm³/mol. The summed E-state index contributed by atoms with van der Waals surface area (Å²) >= 11 is 0. The molecule has 1 unspecified atom stereocenters. The maximum atomic E-state index is 12.1. The standard InChI is InChI=1S/C14H15O3P/c1-11-8-9-13(10-12(11)2)17-18(15,16)14-6-4-3-5-7-14/h3-10H,1-2H3,(H,15,16). The first-order valence-electron chi connectivity index (χ1n) is 5.64. The van der Waals surface area contributed by atoms with Crippen LogP contribution in [0.25, 0.3) is 0 Å². The molecule has 94 valence electrons. The summed E-state index contributed by atoms with van der Waals surface area (Å²) < 4.78 is 17.3. The molecule has 0 saturated heterocycles. The van der Waals surface area contributed by atoms with Crippen LogP contribution >= 0.6 is 7.60 Å². The van der Waals surface area contributed by atoms with E-state index in [1.807, 2.05) is 19.9 Å². The van der Waals surface area contributed by atoms with Crippen molar-refractivity contribution in [1.29, 1.82) is 0 Å². The number of aryl methyl sites for hydroxylation is 2. The quantitative estimate of drug-likeness (QED) is 0.864. The molecule has 0 amide bonds. The molecule has 0 spiro atoms. The van der Waals surface area contributed by atoms with Gasteiger partial charge in [-0.3, -0.25) is 0 Å². The van der Waals surface area contributed by atoms with Crippen molar-refractivity contribution < 1.29 is 14.0 Å². The van der Waals surface area contributed by atoms with Crippen LogP contribution in [0.15, 0.2) is 48.5 Å². The number of benzene rings is 2. The fraction of sp³-hybridized carbons (Fsp3) is 0.143. The van der Waals surface area contributed by atoms with Gasteiger partial charge in [0.2, 0.25) is 0 Å². The number of rotatable bonds is 3. The van der Waals surface area contributed by atoms with E-state index in [1.54, 1.807) is 42.5 Å². The van der Waals surface area contributed by atoms with Gasteiger partial charge in [0, 0.05) is 0 Å². The Kier molecular flexibility index (Phi) is 3.55. The summed E-state index contributed by atoms with van der Waals surface area (Å²) in [5, 5.41) is 0.295. The monoisotopic (exact) mass is 262 g/mol. The highest BCUT2D eigenvalue weighted by Gasteiger charge is 2.23. The minimum atomic E-state index is -3.80. The smallest absolute Gasteiger partial charge is 0.408 e. The summed E-state index contributed by atoms with van der Waals surface area (Å²) in [7, 11) is -3.80. The van der Waals surface area contributed by atoms with Crippen molar-refractivity contribution in [3.8, 4) is 5.75 Å². The lowest BCUT2D eigenvalue weighted by atomic mass is 10.1. The Hall–Kier alpha value is -1.57. The van der Waals surface area contributed by atoms with Crippen LogP contribution in [-0.2, 0) is 4.57 Å². The zero-order chi connectivity index (χ0) is 13.2. The third-order valence-corrected chi connectivity index (χ3v) is 4.20. The van der Waals surface area contributed by atoms with Gasteiger partial charge in [0.15, 0.2) is 0 Å². The molecule has 0 aliphatic heterocycles. The van der Waals surface area contributed by atoms with Gasteiger partial charge in [-0.25, -0.2) is 4.57 Å². The van der Waals surface area contributed by atoms with Crippen molar-refractivity contribution in [3.63, 3.8) is 0 Å². The second-order valence-corrected chi connectivity index (χ2v) is 5.93. The highest BCUT2D eigenvalue weighted by atomic mass is 31.2. The van der Waals surface area contributed by atoms with Crippen LogP contribution in [0, 0.1) is 13.8 Å². The van der Waals surface area contributed by atoms with Crippen LogP contribution < -0.4 is 9.83 Å². The maximum Gasteiger partial charge on any atom is 0.408 e. The predicted octanol–water partition coefficient (Wildman–Crippen LogP) is 3.19. The maximum absolute atomic E-state index is 12.1. The van der Waals surface area contributed by atoms with Crippen molar-refractivity contribution in [3.05, 3.63) is 59.7 Å². The molecule has 3 nitrogen and oxygen atoms in total. The van der Waals surface area contributed by atoms with Gasteiger partial charge in [-0.2, -0.15) is 0 Å². The second kappa shape index (κ2) is 4.97. The van der Waals surface area contributed by atoms with Crippen LogP contribution in [0.1, 0.15) is 11.1 Å². The highest BCUT2D eigenvalue weighted by Crippen LogP contribution is 2.41. The zero-order valence-corrected chi connectivity index (χ0v) is 11.2. The highest BCUT2D eigenvalue weighted by molar-refractivity contribution is 7.61. The molecule has 0 aliphatic carbocycles. The van der Waals surface area contributed by atoms with Gasteiger partial charge in [-0.1, -0.05) is 24.3 Å². The van der Waals surface area contributed by atoms with Crippen molar-refractivity contribution >= 4 is 12.9 Å². The topological polar surface area (TPSA) is 46.5 Å². The van der Waals surface area contributed by atoms with E-state index in [1.165, 1.54) is 0 Å². The fourth-order valence-corrected chi connectivity index (χ4v) is 2.64. The molecule has 0 heterocycles. The minimum Gasteiger partial charge on any atom is -0.421 e. The van der Waals surface area contributed by atoms with E-state index in [0.29, 0.717) is 11.1 Å². The fourth-order valence-electron chi connectivity index (χ4n) is 1.58. The molecule has 0 aromatic heterocycles. The van der Waals surface area contributed by atoms with Gasteiger partial charge in [-0.15, -0.1) is 0 Å². The van der Waals surface area contributed by atoms with Crippen molar-refractivity contribution in [2.45, 2.75) is 13.8 Å². The van der Waals surface area contributed by atoms with Gasteiger partial charge in [-0.05, 0) is 49.2 Å². The van der Waals surface area contributed by atoms with E-state index >= 15 is 0 Å². The molecule has 0 aliphatic rings. The first-order chi connectivity index (χ1) is 8.49. The van der Waals surface area contributed by atoms with Gasteiger partial charge < -0.3 is 9.42 Å². The molecule has 0 radical (unpaired) electrons. The molecule has 0 bridgehead atoms. The van der Waals surface area contributed by atoms with Gasteiger partial charge in [0.05, 0.1) is 5.30 Å². The van der Waals surface area contributed by atoms with Crippen molar-refractivity contribution in [2.75, 3.05) is 0 Å². The van der Waals surface area contributed by atoms with Gasteiger partial charge in [0.1, 0.15) is 5.75 Å². The normalized spacial score (nSPS) is 13.9. The average Bonchev–Trinajstić information content (AvgIpc) is 2.35. The van der Waals surface area contributed by atoms with E-state index in [9.17, 15) is 9.46 Å². The molecular weight excluding hydrogens is 247 g/mol.